The van der Waals surface area contributed by atoms with Gasteiger partial charge in [0.25, 0.3) is 10.0 Å². The number of aromatic nitrogens is 4. The largest absolute Gasteiger partial charge is 0.356 e. The summed E-state index contributed by atoms with van der Waals surface area (Å²) in [6, 6.07) is 0. The molecule has 3 heterocycles. The van der Waals surface area contributed by atoms with Crippen molar-refractivity contribution >= 4 is 21.8 Å². The van der Waals surface area contributed by atoms with E-state index in [1.54, 1.807) is 16.5 Å². The Balaban J connectivity index is 1.62. The molecule has 0 aliphatic carbocycles. The second-order valence-electron chi connectivity index (χ2n) is 9.65. The lowest BCUT2D eigenvalue weighted by molar-refractivity contribution is -0.135. The van der Waals surface area contributed by atoms with E-state index in [1.807, 2.05) is 25.7 Å². The zero-order valence-corrected chi connectivity index (χ0v) is 22.8. The van der Waals surface area contributed by atoms with Crippen LogP contribution in [0.25, 0.3) is 0 Å². The van der Waals surface area contributed by atoms with E-state index in [-0.39, 0.29) is 42.3 Å². The van der Waals surface area contributed by atoms with Crippen molar-refractivity contribution in [2.75, 3.05) is 33.2 Å². The third kappa shape index (κ3) is 6.73. The Morgan fingerprint density at radius 2 is 1.97 bits per heavy atom. The summed E-state index contributed by atoms with van der Waals surface area (Å²) in [6.45, 7) is 5.39. The maximum atomic E-state index is 13.3. The van der Waals surface area contributed by atoms with E-state index in [9.17, 15) is 18.0 Å². The molecular formula is C24H39N7O4S. The number of amides is 2. The molecule has 12 heteroatoms. The molecular weight excluding hydrogens is 482 g/mol. The minimum atomic E-state index is -3.82. The van der Waals surface area contributed by atoms with Crippen LogP contribution in [0.2, 0.25) is 0 Å². The number of hydrogen-bond donors (Lipinski definition) is 1. The highest BCUT2D eigenvalue weighted by Crippen LogP contribution is 2.20. The first kappa shape index (κ1) is 27.9. The molecule has 1 fully saturated rings. The number of carbonyl (C=O) groups excluding carboxylic acids is 2. The summed E-state index contributed by atoms with van der Waals surface area (Å²) in [6.07, 6.45) is 6.25. The van der Waals surface area contributed by atoms with E-state index in [2.05, 4.69) is 22.3 Å². The van der Waals surface area contributed by atoms with Gasteiger partial charge in [-0.05, 0) is 51.5 Å². The molecule has 0 bridgehead atoms. The summed E-state index contributed by atoms with van der Waals surface area (Å²) >= 11 is 0. The fraction of sp³-hybridized carbons (Fsp3) is 0.667. The van der Waals surface area contributed by atoms with Gasteiger partial charge in [-0.1, -0.05) is 0 Å². The van der Waals surface area contributed by atoms with Crippen molar-refractivity contribution in [3.8, 4) is 0 Å². The Kier molecular flexibility index (Phi) is 9.29. The van der Waals surface area contributed by atoms with E-state index in [0.717, 1.165) is 24.2 Å². The van der Waals surface area contributed by atoms with Crippen LogP contribution in [0.5, 0.6) is 0 Å². The van der Waals surface area contributed by atoms with E-state index < -0.39 is 10.0 Å². The lowest BCUT2D eigenvalue weighted by atomic mass is 9.97. The third-order valence-electron chi connectivity index (χ3n) is 6.95. The number of rotatable bonds is 7. The average Bonchev–Trinajstić information content (AvgIpc) is 3.36. The van der Waals surface area contributed by atoms with Crippen molar-refractivity contribution in [1.82, 2.24) is 33.9 Å². The lowest BCUT2D eigenvalue weighted by Gasteiger charge is -2.25. The maximum Gasteiger partial charge on any atom is 0.262 e. The lowest BCUT2D eigenvalue weighted by Crippen LogP contribution is -2.36. The molecule has 1 atom stereocenters. The maximum absolute atomic E-state index is 13.3. The van der Waals surface area contributed by atoms with E-state index in [4.69, 9.17) is 0 Å². The Morgan fingerprint density at radius 3 is 2.61 bits per heavy atom. The van der Waals surface area contributed by atoms with Gasteiger partial charge in [0.1, 0.15) is 0 Å². The number of nitrogens with zero attached hydrogens (tertiary/aromatic N) is 6. The van der Waals surface area contributed by atoms with Crippen LogP contribution in [0.15, 0.2) is 17.6 Å². The number of carbonyl (C=O) groups is 2. The minimum Gasteiger partial charge on any atom is -0.356 e. The molecule has 1 aliphatic rings. The van der Waals surface area contributed by atoms with Crippen LogP contribution in [0.3, 0.4) is 0 Å². The first-order chi connectivity index (χ1) is 17.0. The molecule has 0 radical (unpaired) electrons. The SMILES string of the molecule is Cc1nn(C)c(C)c1CCCN(C)C(=O)C1CCCN(S(=O)(=O)c2cn(C)cn2)CCC(=O)NCC1. The third-order valence-corrected chi connectivity index (χ3v) is 8.74. The zero-order chi connectivity index (χ0) is 26.5. The molecule has 1 aliphatic heterocycles. The molecule has 0 saturated carbocycles. The smallest absolute Gasteiger partial charge is 0.262 e. The highest BCUT2D eigenvalue weighted by atomic mass is 32.2. The van der Waals surface area contributed by atoms with Gasteiger partial charge in [-0.15, -0.1) is 0 Å². The van der Waals surface area contributed by atoms with E-state index >= 15 is 0 Å². The Bertz CT molecular complexity index is 1170. The molecule has 2 aromatic rings. The summed E-state index contributed by atoms with van der Waals surface area (Å²) in [5.74, 6) is -0.475. The van der Waals surface area contributed by atoms with Crippen molar-refractivity contribution < 1.29 is 18.0 Å². The van der Waals surface area contributed by atoms with Gasteiger partial charge in [0.05, 0.1) is 12.0 Å². The molecule has 11 nitrogen and oxygen atoms in total. The van der Waals surface area contributed by atoms with Crippen LogP contribution in [0.4, 0.5) is 0 Å². The first-order valence-corrected chi connectivity index (χ1v) is 13.9. The van der Waals surface area contributed by atoms with Gasteiger partial charge in [0, 0.05) is 71.6 Å². The fourth-order valence-corrected chi connectivity index (χ4v) is 6.15. The molecule has 200 valence electrons. The van der Waals surface area contributed by atoms with E-state index in [0.29, 0.717) is 32.4 Å². The molecule has 2 amide bonds. The molecule has 0 aromatic carbocycles. The van der Waals surface area contributed by atoms with Gasteiger partial charge in [0.2, 0.25) is 11.8 Å². The molecule has 0 spiro atoms. The van der Waals surface area contributed by atoms with Gasteiger partial charge in [-0.2, -0.15) is 9.40 Å². The summed E-state index contributed by atoms with van der Waals surface area (Å²) in [7, 11) is 1.63. The Labute approximate surface area is 213 Å². The quantitative estimate of drug-likeness (QED) is 0.583. The number of aryl methyl sites for hydroxylation is 3. The first-order valence-electron chi connectivity index (χ1n) is 12.5. The van der Waals surface area contributed by atoms with Crippen molar-refractivity contribution in [3.05, 3.63) is 29.5 Å². The molecule has 1 unspecified atom stereocenters. The van der Waals surface area contributed by atoms with Crippen molar-refractivity contribution in [2.45, 2.75) is 57.4 Å². The Morgan fingerprint density at radius 1 is 1.22 bits per heavy atom. The van der Waals surface area contributed by atoms with Crippen molar-refractivity contribution in [2.24, 2.45) is 20.0 Å². The highest BCUT2D eigenvalue weighted by molar-refractivity contribution is 7.89. The number of hydrogen-bond acceptors (Lipinski definition) is 6. The van der Waals surface area contributed by atoms with Crippen LogP contribution in [-0.2, 0) is 40.1 Å². The van der Waals surface area contributed by atoms with Gasteiger partial charge in [-0.25, -0.2) is 13.4 Å². The standard InChI is InChI=1S/C24H39N7O4S/c1-18-21(19(2)30(5)27-18)9-7-13-29(4)24(33)20-8-6-14-31(15-11-22(32)25-12-10-20)36(34,35)23-16-28(3)17-26-23/h16-17,20H,6-15H2,1-5H3,(H,25,32). The van der Waals surface area contributed by atoms with Crippen LogP contribution < -0.4 is 5.32 Å². The second kappa shape index (κ2) is 12.0. The molecule has 1 N–H and O–H groups in total. The minimum absolute atomic E-state index is 0.0299. The summed E-state index contributed by atoms with van der Waals surface area (Å²) in [5, 5.41) is 7.26. The monoisotopic (exact) mass is 521 g/mol. The van der Waals surface area contributed by atoms with Crippen LogP contribution in [0, 0.1) is 19.8 Å². The average molecular weight is 522 g/mol. The number of sulfonamides is 1. The summed E-state index contributed by atoms with van der Waals surface area (Å²) in [4.78, 5) is 31.3. The topological polar surface area (TPSA) is 122 Å². The van der Waals surface area contributed by atoms with Gasteiger partial charge < -0.3 is 14.8 Å². The second-order valence-corrected chi connectivity index (χ2v) is 11.5. The predicted molar refractivity (Wildman–Crippen MR) is 136 cm³/mol. The highest BCUT2D eigenvalue weighted by Gasteiger charge is 2.29. The Hall–Kier alpha value is -2.73. The van der Waals surface area contributed by atoms with Crippen LogP contribution in [0.1, 0.15) is 49.1 Å². The van der Waals surface area contributed by atoms with Gasteiger partial charge >= 0.3 is 0 Å². The van der Waals surface area contributed by atoms with E-state index in [1.165, 1.54) is 22.4 Å². The fourth-order valence-electron chi connectivity index (χ4n) is 4.71. The predicted octanol–water partition coefficient (Wildman–Crippen LogP) is 1.16. The zero-order valence-electron chi connectivity index (χ0n) is 22.0. The van der Waals surface area contributed by atoms with Gasteiger partial charge in [-0.3, -0.25) is 14.3 Å². The van der Waals surface area contributed by atoms with Gasteiger partial charge in [0.15, 0.2) is 5.03 Å². The number of imidazole rings is 1. The number of nitrogens with one attached hydrogen (secondary N) is 1. The molecule has 3 rings (SSSR count). The summed E-state index contributed by atoms with van der Waals surface area (Å²) in [5.41, 5.74) is 3.39. The molecule has 36 heavy (non-hydrogen) atoms. The molecule has 2 aromatic heterocycles. The van der Waals surface area contributed by atoms with Crippen LogP contribution >= 0.6 is 0 Å². The molecule has 1 saturated heterocycles. The normalized spacial score (nSPS) is 18.5. The van der Waals surface area contributed by atoms with Crippen molar-refractivity contribution in [3.63, 3.8) is 0 Å². The van der Waals surface area contributed by atoms with Crippen LogP contribution in [-0.4, -0.2) is 82.0 Å². The summed E-state index contributed by atoms with van der Waals surface area (Å²) < 4.78 is 31.0. The van der Waals surface area contributed by atoms with Crippen molar-refractivity contribution in [1.29, 1.82) is 0 Å².